The molecular formula is C33H31BrN8O5. The monoisotopic (exact) mass is 698 g/mol. The number of piperidine rings is 1. The van der Waals surface area contributed by atoms with Gasteiger partial charge in [-0.2, -0.15) is 5.10 Å². The van der Waals surface area contributed by atoms with Crippen LogP contribution in [0.4, 0.5) is 5.69 Å². The van der Waals surface area contributed by atoms with Crippen LogP contribution in [0.25, 0.3) is 22.3 Å². The third-order valence-corrected chi connectivity index (χ3v) is 9.49. The minimum Gasteiger partial charge on any atom is -0.385 e. The van der Waals surface area contributed by atoms with Crippen molar-refractivity contribution in [2.75, 3.05) is 25.0 Å². The van der Waals surface area contributed by atoms with Crippen molar-refractivity contribution in [3.8, 4) is 11.3 Å². The van der Waals surface area contributed by atoms with Gasteiger partial charge in [-0.05, 0) is 65.5 Å². The van der Waals surface area contributed by atoms with Gasteiger partial charge in [0.2, 0.25) is 17.7 Å². The van der Waals surface area contributed by atoms with Gasteiger partial charge in [-0.3, -0.25) is 43.9 Å². The second-order valence-corrected chi connectivity index (χ2v) is 12.8. The molecule has 5 amide bonds. The summed E-state index contributed by atoms with van der Waals surface area (Å²) in [4.78, 5) is 74.5. The minimum absolute atomic E-state index is 0.0785. The summed E-state index contributed by atoms with van der Waals surface area (Å²) < 4.78 is 2.78. The molecule has 2 N–H and O–H groups in total. The van der Waals surface area contributed by atoms with E-state index in [-0.39, 0.29) is 35.9 Å². The number of amides is 5. The first-order valence-corrected chi connectivity index (χ1v) is 16.4. The molecular weight excluding hydrogens is 668 g/mol. The van der Waals surface area contributed by atoms with Crippen LogP contribution in [0.2, 0.25) is 0 Å². The molecule has 3 aliphatic heterocycles. The molecule has 0 radical (unpaired) electrons. The second kappa shape index (κ2) is 12.7. The summed E-state index contributed by atoms with van der Waals surface area (Å²) in [5, 5.41) is 10.00. The van der Waals surface area contributed by atoms with Crippen LogP contribution in [0, 0.1) is 0 Å². The van der Waals surface area contributed by atoms with E-state index in [0.717, 1.165) is 50.9 Å². The van der Waals surface area contributed by atoms with E-state index in [0.29, 0.717) is 31.7 Å². The Morgan fingerprint density at radius 2 is 1.83 bits per heavy atom. The quantitative estimate of drug-likeness (QED) is 0.186. The Labute approximate surface area is 277 Å². The van der Waals surface area contributed by atoms with Crippen LogP contribution in [0.5, 0.6) is 0 Å². The van der Waals surface area contributed by atoms with Crippen molar-refractivity contribution in [2.24, 2.45) is 0 Å². The molecule has 2 aromatic carbocycles. The van der Waals surface area contributed by atoms with Gasteiger partial charge in [-0.1, -0.05) is 12.5 Å². The highest BCUT2D eigenvalue weighted by Crippen LogP contribution is 2.30. The Bertz CT molecular complexity index is 1940. The fourth-order valence-electron chi connectivity index (χ4n) is 6.18. The number of fused-ring (bicyclic) bond motifs is 2. The fourth-order valence-corrected chi connectivity index (χ4v) is 6.63. The zero-order valence-electron chi connectivity index (χ0n) is 25.3. The number of carbonyl (C=O) groups excluding carboxylic acids is 5. The number of benzene rings is 2. The van der Waals surface area contributed by atoms with Crippen molar-refractivity contribution >= 4 is 62.2 Å². The smallest absolute Gasteiger partial charge is 0.262 e. The summed E-state index contributed by atoms with van der Waals surface area (Å²) in [5.41, 5.74) is 4.42. The average Bonchev–Trinajstić information content (AvgIpc) is 3.61. The molecule has 2 aromatic heterocycles. The van der Waals surface area contributed by atoms with Gasteiger partial charge in [0.1, 0.15) is 11.6 Å². The zero-order chi connectivity index (χ0) is 32.7. The van der Waals surface area contributed by atoms with Gasteiger partial charge in [-0.25, -0.2) is 4.98 Å². The molecule has 4 aromatic rings. The number of nitrogens with zero attached hydrogens (tertiary/aromatic N) is 6. The molecule has 5 heterocycles. The van der Waals surface area contributed by atoms with Gasteiger partial charge in [0.05, 0.1) is 40.8 Å². The number of aromatic nitrogens is 4. The summed E-state index contributed by atoms with van der Waals surface area (Å²) in [5.74, 6) is -1.96. The SMILES string of the molecule is O=C1CCC(N2C(=O)c3ccc(NCCCCCC(=O)N4CC(n5cc(-c6cnc7cccc(Br)c7n6)cn5)C4)cc3C2=O)C(=O)N1. The fraction of sp³-hybridized carbons (Fsp3) is 0.333. The number of nitrogens with one attached hydrogen (secondary N) is 2. The van der Waals surface area contributed by atoms with E-state index in [1.807, 2.05) is 34.0 Å². The summed E-state index contributed by atoms with van der Waals surface area (Å²) in [6.45, 7) is 1.88. The third-order valence-electron chi connectivity index (χ3n) is 8.85. The van der Waals surface area contributed by atoms with Gasteiger partial charge in [0, 0.05) is 54.4 Å². The topological polar surface area (TPSA) is 159 Å². The molecule has 0 bridgehead atoms. The lowest BCUT2D eigenvalue weighted by atomic mass is 10.0. The van der Waals surface area contributed by atoms with E-state index in [1.54, 1.807) is 30.6 Å². The number of anilines is 1. The Morgan fingerprint density at radius 1 is 1.00 bits per heavy atom. The van der Waals surface area contributed by atoms with Crippen molar-refractivity contribution in [1.29, 1.82) is 0 Å². The predicted octanol–water partition coefficient (Wildman–Crippen LogP) is 3.71. The molecule has 13 nitrogen and oxygen atoms in total. The van der Waals surface area contributed by atoms with Crippen molar-refractivity contribution in [3.05, 3.63) is 70.6 Å². The molecule has 2 fully saturated rings. The second-order valence-electron chi connectivity index (χ2n) is 12.0. The average molecular weight is 700 g/mol. The van der Waals surface area contributed by atoms with Crippen LogP contribution in [0.1, 0.15) is 65.3 Å². The highest BCUT2D eigenvalue weighted by atomic mass is 79.9. The number of rotatable bonds is 10. The van der Waals surface area contributed by atoms with E-state index in [2.05, 4.69) is 36.6 Å². The van der Waals surface area contributed by atoms with Gasteiger partial charge in [0.25, 0.3) is 11.8 Å². The molecule has 1 atom stereocenters. The molecule has 1 unspecified atom stereocenters. The molecule has 2 saturated heterocycles. The van der Waals surface area contributed by atoms with Crippen LogP contribution < -0.4 is 10.6 Å². The molecule has 0 spiro atoms. The number of hydrogen-bond acceptors (Lipinski definition) is 9. The highest BCUT2D eigenvalue weighted by Gasteiger charge is 2.44. The number of imide groups is 2. The molecule has 0 saturated carbocycles. The van der Waals surface area contributed by atoms with Gasteiger partial charge < -0.3 is 10.2 Å². The van der Waals surface area contributed by atoms with Crippen LogP contribution in [0.3, 0.4) is 0 Å². The molecule has 47 heavy (non-hydrogen) atoms. The van der Waals surface area contributed by atoms with Gasteiger partial charge in [-0.15, -0.1) is 0 Å². The van der Waals surface area contributed by atoms with Crippen LogP contribution in [-0.4, -0.2) is 84.8 Å². The first-order valence-electron chi connectivity index (χ1n) is 15.6. The number of unbranched alkanes of at least 4 members (excludes halogenated alkanes) is 2. The van der Waals surface area contributed by atoms with E-state index < -0.39 is 29.7 Å². The normalized spacial score (nSPS) is 18.0. The molecule has 3 aliphatic rings. The van der Waals surface area contributed by atoms with E-state index in [4.69, 9.17) is 4.98 Å². The van der Waals surface area contributed by atoms with E-state index >= 15 is 0 Å². The third kappa shape index (κ3) is 6.00. The summed E-state index contributed by atoms with van der Waals surface area (Å²) in [6, 6.07) is 9.87. The predicted molar refractivity (Wildman–Crippen MR) is 174 cm³/mol. The van der Waals surface area contributed by atoms with Crippen LogP contribution in [-0.2, 0) is 14.4 Å². The van der Waals surface area contributed by atoms with Gasteiger partial charge in [0.15, 0.2) is 0 Å². The van der Waals surface area contributed by atoms with Crippen molar-refractivity contribution in [2.45, 2.75) is 50.6 Å². The molecule has 240 valence electrons. The van der Waals surface area contributed by atoms with E-state index in [1.165, 1.54) is 0 Å². The summed E-state index contributed by atoms with van der Waals surface area (Å²) >= 11 is 3.54. The van der Waals surface area contributed by atoms with Crippen LogP contribution >= 0.6 is 15.9 Å². The van der Waals surface area contributed by atoms with Crippen molar-refractivity contribution < 1.29 is 24.0 Å². The van der Waals surface area contributed by atoms with Crippen LogP contribution in [0.15, 0.2) is 59.5 Å². The number of para-hydroxylation sites is 1. The number of halogens is 1. The Kier molecular flexibility index (Phi) is 8.26. The number of likely N-dealkylation sites (tertiary alicyclic amines) is 1. The van der Waals surface area contributed by atoms with E-state index in [9.17, 15) is 24.0 Å². The van der Waals surface area contributed by atoms with Crippen molar-refractivity contribution in [3.63, 3.8) is 0 Å². The summed E-state index contributed by atoms with van der Waals surface area (Å²) in [7, 11) is 0. The lowest BCUT2D eigenvalue weighted by Crippen LogP contribution is -2.54. The Balaban J connectivity index is 0.830. The van der Waals surface area contributed by atoms with Crippen molar-refractivity contribution in [1.82, 2.24) is 34.9 Å². The standard InChI is InChI=1S/C33H31BrN8O5/c34-24-5-4-6-25-30(24)38-26(15-36-25)19-14-37-41(16-19)21-17-40(18-21)29(44)7-2-1-3-12-35-20-8-9-22-23(13-20)33(47)42(32(22)46)27-10-11-28(43)39-31(27)45/h4-6,8-9,13-16,21,27,35H,1-3,7,10-12,17-18H2,(H,39,43,45). The number of carbonyl (C=O) groups is 5. The maximum absolute atomic E-state index is 13.0. The Morgan fingerprint density at radius 3 is 2.66 bits per heavy atom. The summed E-state index contributed by atoms with van der Waals surface area (Å²) in [6.07, 6.45) is 8.60. The zero-order valence-corrected chi connectivity index (χ0v) is 26.9. The first-order chi connectivity index (χ1) is 22.8. The van der Waals surface area contributed by atoms with Gasteiger partial charge >= 0.3 is 0 Å². The molecule has 0 aliphatic carbocycles. The Hall–Kier alpha value is -4.98. The highest BCUT2D eigenvalue weighted by molar-refractivity contribution is 9.10. The maximum atomic E-state index is 13.0. The molecule has 14 heteroatoms. The lowest BCUT2D eigenvalue weighted by molar-refractivity contribution is -0.137. The first kappa shape index (κ1) is 30.7. The maximum Gasteiger partial charge on any atom is 0.262 e. The minimum atomic E-state index is -0.987. The number of hydrogen-bond donors (Lipinski definition) is 2. The largest absolute Gasteiger partial charge is 0.385 e. The molecule has 7 rings (SSSR count). The lowest BCUT2D eigenvalue weighted by Gasteiger charge is -2.39.